The Balaban J connectivity index is 2.18. The van der Waals surface area contributed by atoms with Crippen molar-refractivity contribution in [2.75, 3.05) is 13.2 Å². The molecule has 1 aliphatic heterocycles. The van der Waals surface area contributed by atoms with E-state index in [4.69, 9.17) is 16.3 Å². The van der Waals surface area contributed by atoms with Gasteiger partial charge in [-0.3, -0.25) is 0 Å². The van der Waals surface area contributed by atoms with Crippen molar-refractivity contribution in [2.45, 2.75) is 0 Å². The summed E-state index contributed by atoms with van der Waals surface area (Å²) in [5, 5.41) is 0.581. The highest BCUT2D eigenvalue weighted by atomic mass is 35.5. The fraction of sp³-hybridized carbons (Fsp3) is 0.182. The molecule has 0 N–H and O–H groups in total. The van der Waals surface area contributed by atoms with Crippen LogP contribution < -0.4 is 0 Å². The molecule has 1 saturated heterocycles. The Hall–Kier alpha value is -1.66. The summed E-state index contributed by atoms with van der Waals surface area (Å²) < 4.78 is 4.74. The molecule has 3 nitrogen and oxygen atoms in total. The van der Waals surface area contributed by atoms with Crippen LogP contribution in [0.25, 0.3) is 0 Å². The predicted molar refractivity (Wildman–Crippen MR) is 56.4 cm³/mol. The zero-order chi connectivity index (χ0) is 10.7. The van der Waals surface area contributed by atoms with Gasteiger partial charge in [0.15, 0.2) is 0 Å². The molecule has 1 fully saturated rings. The van der Waals surface area contributed by atoms with Crippen LogP contribution in [0.1, 0.15) is 5.56 Å². The van der Waals surface area contributed by atoms with Gasteiger partial charge in [0.05, 0.1) is 11.6 Å². The third-order valence-electron chi connectivity index (χ3n) is 1.96. The van der Waals surface area contributed by atoms with E-state index in [1.54, 1.807) is 12.1 Å². The van der Waals surface area contributed by atoms with Gasteiger partial charge in [0, 0.05) is 11.6 Å². The number of carbonyl (C=O) groups is 1. The number of amides is 1. The quantitative estimate of drug-likeness (QED) is 0.628. The number of rotatable bonds is 0. The molecular formula is C11H8ClNO2. The molecule has 1 aromatic rings. The summed E-state index contributed by atoms with van der Waals surface area (Å²) >= 11 is 5.91. The first-order valence-corrected chi connectivity index (χ1v) is 4.85. The Kier molecular flexibility index (Phi) is 2.79. The van der Waals surface area contributed by atoms with Gasteiger partial charge in [0.25, 0.3) is 0 Å². The Labute approximate surface area is 92.6 Å². The minimum atomic E-state index is -0.394. The Morgan fingerprint density at radius 1 is 1.40 bits per heavy atom. The van der Waals surface area contributed by atoms with Crippen LogP contribution >= 0.6 is 11.6 Å². The van der Waals surface area contributed by atoms with E-state index < -0.39 is 6.09 Å². The zero-order valence-electron chi connectivity index (χ0n) is 7.87. The van der Waals surface area contributed by atoms with Crippen LogP contribution in [0.4, 0.5) is 4.79 Å². The maximum absolute atomic E-state index is 11.0. The molecule has 0 unspecified atom stereocenters. The topological polar surface area (TPSA) is 29.5 Å². The molecule has 1 heterocycles. The van der Waals surface area contributed by atoms with Crippen LogP contribution in [-0.4, -0.2) is 24.1 Å². The van der Waals surface area contributed by atoms with Gasteiger partial charge in [-0.1, -0.05) is 23.7 Å². The lowest BCUT2D eigenvalue weighted by Gasteiger charge is -2.00. The second-order valence-electron chi connectivity index (χ2n) is 2.98. The first-order valence-electron chi connectivity index (χ1n) is 4.48. The van der Waals surface area contributed by atoms with Crippen molar-refractivity contribution in [1.29, 1.82) is 0 Å². The number of ether oxygens (including phenoxy) is 1. The van der Waals surface area contributed by atoms with Crippen LogP contribution in [0, 0.1) is 12.0 Å². The Morgan fingerprint density at radius 2 is 2.20 bits per heavy atom. The lowest BCUT2D eigenvalue weighted by molar-refractivity contribution is 0.167. The number of nitrogens with zero attached hydrogens (tertiary/aromatic N) is 1. The number of cyclic esters (lactones) is 1. The molecule has 1 aromatic carbocycles. The Morgan fingerprint density at radius 3 is 2.87 bits per heavy atom. The van der Waals surface area contributed by atoms with Crippen molar-refractivity contribution in [3.8, 4) is 12.0 Å². The normalized spacial score (nSPS) is 14.5. The minimum absolute atomic E-state index is 0.394. The van der Waals surface area contributed by atoms with Gasteiger partial charge >= 0.3 is 6.09 Å². The van der Waals surface area contributed by atoms with E-state index in [-0.39, 0.29) is 0 Å². The number of carbonyl (C=O) groups excluding carboxylic acids is 1. The molecule has 76 valence electrons. The van der Waals surface area contributed by atoms with Crippen LogP contribution in [0.3, 0.4) is 0 Å². The predicted octanol–water partition coefficient (Wildman–Crippen LogP) is 2.10. The summed E-state index contributed by atoms with van der Waals surface area (Å²) in [7, 11) is 0. The summed E-state index contributed by atoms with van der Waals surface area (Å²) in [5.41, 5.74) is 0.707. The number of hydrogen-bond acceptors (Lipinski definition) is 2. The first-order chi connectivity index (χ1) is 7.27. The molecule has 1 aliphatic rings. The fourth-order valence-electron chi connectivity index (χ4n) is 1.19. The van der Waals surface area contributed by atoms with Gasteiger partial charge in [-0.2, -0.15) is 0 Å². The third-order valence-corrected chi connectivity index (χ3v) is 2.29. The molecule has 2 rings (SSSR count). The highest BCUT2D eigenvalue weighted by molar-refractivity contribution is 6.31. The lowest BCUT2D eigenvalue weighted by atomic mass is 10.2. The van der Waals surface area contributed by atoms with Crippen LogP contribution in [0.15, 0.2) is 24.3 Å². The Bertz CT molecular complexity index is 447. The van der Waals surface area contributed by atoms with Crippen LogP contribution in [-0.2, 0) is 4.74 Å². The molecule has 0 aliphatic carbocycles. The molecular weight excluding hydrogens is 214 g/mol. The fourth-order valence-corrected chi connectivity index (χ4v) is 1.37. The second-order valence-corrected chi connectivity index (χ2v) is 3.39. The molecule has 0 atom stereocenters. The van der Waals surface area contributed by atoms with Crippen LogP contribution in [0.2, 0.25) is 5.02 Å². The standard InChI is InChI=1S/C11H8ClNO2/c12-10-4-2-1-3-9(10)5-6-13-7-8-15-11(13)14/h1-4H,7-8H2. The molecule has 0 saturated carbocycles. The van der Waals surface area contributed by atoms with E-state index >= 15 is 0 Å². The highest BCUT2D eigenvalue weighted by Crippen LogP contribution is 2.13. The summed E-state index contributed by atoms with van der Waals surface area (Å²) in [6.45, 7) is 0.909. The van der Waals surface area contributed by atoms with E-state index in [1.807, 2.05) is 12.1 Å². The van der Waals surface area contributed by atoms with Crippen molar-refractivity contribution in [2.24, 2.45) is 0 Å². The molecule has 0 bridgehead atoms. The van der Waals surface area contributed by atoms with E-state index in [0.29, 0.717) is 23.7 Å². The van der Waals surface area contributed by atoms with Gasteiger partial charge in [-0.05, 0) is 18.1 Å². The number of hydrogen-bond donors (Lipinski definition) is 0. The minimum Gasteiger partial charge on any atom is -0.447 e. The average Bonchev–Trinajstić information content (AvgIpc) is 2.63. The van der Waals surface area contributed by atoms with Gasteiger partial charge < -0.3 is 4.74 Å². The van der Waals surface area contributed by atoms with Crippen molar-refractivity contribution in [3.05, 3.63) is 34.9 Å². The molecule has 1 amide bonds. The van der Waals surface area contributed by atoms with E-state index in [1.165, 1.54) is 4.90 Å². The molecule has 0 spiro atoms. The summed E-state index contributed by atoms with van der Waals surface area (Å²) in [6, 6.07) is 9.95. The van der Waals surface area contributed by atoms with Gasteiger partial charge in [0.2, 0.25) is 0 Å². The lowest BCUT2D eigenvalue weighted by Crippen LogP contribution is -2.17. The van der Waals surface area contributed by atoms with E-state index in [0.717, 1.165) is 0 Å². The summed E-state index contributed by atoms with van der Waals surface area (Å²) in [4.78, 5) is 12.4. The summed E-state index contributed by atoms with van der Waals surface area (Å²) in [5.74, 6) is 2.83. The zero-order valence-corrected chi connectivity index (χ0v) is 8.62. The van der Waals surface area contributed by atoms with Crippen LogP contribution in [0.5, 0.6) is 0 Å². The maximum atomic E-state index is 11.0. The van der Waals surface area contributed by atoms with Gasteiger partial charge in [0.1, 0.15) is 6.61 Å². The summed E-state index contributed by atoms with van der Waals surface area (Å²) in [6.07, 6.45) is -0.394. The first kappa shape index (κ1) is 9.88. The van der Waals surface area contributed by atoms with Gasteiger partial charge in [-0.25, -0.2) is 9.69 Å². The smallest absolute Gasteiger partial charge is 0.421 e. The second kappa shape index (κ2) is 4.24. The van der Waals surface area contributed by atoms with Crippen molar-refractivity contribution >= 4 is 17.7 Å². The average molecular weight is 222 g/mol. The van der Waals surface area contributed by atoms with Gasteiger partial charge in [-0.15, -0.1) is 0 Å². The number of benzene rings is 1. The largest absolute Gasteiger partial charge is 0.447 e. The number of halogens is 1. The molecule has 0 radical (unpaired) electrons. The monoisotopic (exact) mass is 221 g/mol. The highest BCUT2D eigenvalue weighted by Gasteiger charge is 2.19. The molecule has 0 aromatic heterocycles. The maximum Gasteiger partial charge on any atom is 0.421 e. The molecule has 15 heavy (non-hydrogen) atoms. The SMILES string of the molecule is O=C1OCCN1C#Cc1ccccc1Cl. The van der Waals surface area contributed by atoms with Crippen molar-refractivity contribution < 1.29 is 9.53 Å². The van der Waals surface area contributed by atoms with E-state index in [2.05, 4.69) is 12.0 Å². The van der Waals surface area contributed by atoms with Crippen molar-refractivity contribution in [3.63, 3.8) is 0 Å². The molecule has 4 heteroatoms. The third kappa shape index (κ3) is 2.23. The van der Waals surface area contributed by atoms with Crippen molar-refractivity contribution in [1.82, 2.24) is 4.90 Å². The van der Waals surface area contributed by atoms with E-state index in [9.17, 15) is 4.79 Å².